The van der Waals surface area contributed by atoms with E-state index in [1.165, 1.54) is 18.2 Å². The molecule has 0 radical (unpaired) electrons. The molecule has 1 spiro atoms. The van der Waals surface area contributed by atoms with Gasteiger partial charge in [0.2, 0.25) is 0 Å². The highest BCUT2D eigenvalue weighted by Gasteiger charge is 2.45. The van der Waals surface area contributed by atoms with Crippen molar-refractivity contribution in [2.75, 3.05) is 42.6 Å². The largest absolute Gasteiger partial charge is 0.755 e. The van der Waals surface area contributed by atoms with Crippen molar-refractivity contribution in [2.24, 2.45) is 11.8 Å². The highest BCUT2D eigenvalue weighted by atomic mass is 35.5. The summed E-state index contributed by atoms with van der Waals surface area (Å²) in [5.74, 6) is 0.250. The zero-order valence-corrected chi connectivity index (χ0v) is 27.3. The summed E-state index contributed by atoms with van der Waals surface area (Å²) in [5.41, 5.74) is 1.59. The van der Waals surface area contributed by atoms with Crippen LogP contribution in [-0.2, 0) is 37.4 Å². The second kappa shape index (κ2) is 12.6. The van der Waals surface area contributed by atoms with Crippen molar-refractivity contribution in [3.63, 3.8) is 0 Å². The molecule has 2 aromatic carbocycles. The lowest BCUT2D eigenvalue weighted by Crippen LogP contribution is -2.52. The van der Waals surface area contributed by atoms with Gasteiger partial charge in [0.25, 0.3) is 5.91 Å². The third-order valence-electron chi connectivity index (χ3n) is 9.85. The van der Waals surface area contributed by atoms with Crippen LogP contribution < -0.4 is 19.3 Å². The molecule has 1 N–H and O–H groups in total. The molecule has 45 heavy (non-hydrogen) atoms. The second-order valence-corrected chi connectivity index (χ2v) is 14.2. The first kappa shape index (κ1) is 31.8. The molecular weight excluding hydrogens is 618 g/mol. The Kier molecular flexibility index (Phi) is 8.91. The van der Waals surface area contributed by atoms with Crippen LogP contribution >= 0.6 is 11.6 Å². The van der Waals surface area contributed by atoms with Gasteiger partial charge in [0, 0.05) is 23.5 Å². The van der Waals surface area contributed by atoms with E-state index < -0.39 is 28.9 Å². The Balaban J connectivity index is 1.46. The maximum Gasteiger partial charge on any atom is 0.407 e. The van der Waals surface area contributed by atoms with Crippen molar-refractivity contribution in [1.29, 1.82) is 0 Å². The average molecular weight is 657 g/mol. The van der Waals surface area contributed by atoms with E-state index >= 15 is 0 Å². The number of alkyl carbamates (subject to hydrolysis) is 1. The van der Waals surface area contributed by atoms with E-state index in [1.807, 2.05) is 18.2 Å². The van der Waals surface area contributed by atoms with Crippen LogP contribution in [0.3, 0.4) is 0 Å². The van der Waals surface area contributed by atoms with Gasteiger partial charge >= 0.3 is 6.09 Å². The van der Waals surface area contributed by atoms with Crippen LogP contribution in [0.2, 0.25) is 5.02 Å². The standard InChI is InChI=1S/C33H40ClN3O7S/c1-32(2)30(38)37(45(40)41)24-10-13-29-28(17-24)36(18-22-8-11-25(22)27(7-5-15-44-32)35-31(39)42-3)19-33(20-43-29)14-4-6-21-16-23(34)9-12-26(21)33/h5,7,9-10,12-13,16-17,22,25,27H,4,6,8,11,14-15,18-20H2,1-3H3,(H,35,39)(H,40,41)/p-1/b7-5+/t22-,25+,27+,33-/m0/s1. The first-order valence-electron chi connectivity index (χ1n) is 15.4. The van der Waals surface area contributed by atoms with Gasteiger partial charge in [-0.3, -0.25) is 9.00 Å². The monoisotopic (exact) mass is 656 g/mol. The molecule has 6 rings (SSSR count). The number of nitrogens with one attached hydrogen (secondary N) is 1. The molecule has 2 aromatic rings. The molecule has 2 aliphatic heterocycles. The Morgan fingerprint density at radius 2 is 2.02 bits per heavy atom. The molecule has 12 heteroatoms. The van der Waals surface area contributed by atoms with Gasteiger partial charge < -0.3 is 29.0 Å². The minimum atomic E-state index is -2.90. The number of halogens is 1. The second-order valence-electron chi connectivity index (χ2n) is 13.0. The number of amides is 2. The lowest BCUT2D eigenvalue weighted by atomic mass is 9.68. The molecule has 10 nitrogen and oxygen atoms in total. The van der Waals surface area contributed by atoms with Crippen LogP contribution in [-0.4, -0.2) is 65.8 Å². The summed E-state index contributed by atoms with van der Waals surface area (Å²) in [6, 6.07) is 10.9. The van der Waals surface area contributed by atoms with Crippen LogP contribution in [0.25, 0.3) is 0 Å². The number of carbonyl (C=O) groups excluding carboxylic acids is 2. The van der Waals surface area contributed by atoms with Crippen molar-refractivity contribution in [2.45, 2.75) is 63.0 Å². The maximum atomic E-state index is 13.7. The van der Waals surface area contributed by atoms with Crippen molar-refractivity contribution in [3.05, 3.63) is 64.7 Å². The summed E-state index contributed by atoms with van der Waals surface area (Å²) in [4.78, 5) is 28.3. The van der Waals surface area contributed by atoms with Crippen molar-refractivity contribution < 1.29 is 32.6 Å². The third kappa shape index (κ3) is 6.19. The van der Waals surface area contributed by atoms with Gasteiger partial charge in [0.05, 0.1) is 49.0 Å². The van der Waals surface area contributed by atoms with Crippen LogP contribution in [0.5, 0.6) is 5.75 Å². The van der Waals surface area contributed by atoms with E-state index in [9.17, 15) is 18.4 Å². The summed E-state index contributed by atoms with van der Waals surface area (Å²) in [7, 11) is 1.34. The van der Waals surface area contributed by atoms with Gasteiger partial charge in [-0.1, -0.05) is 29.8 Å². The topological polar surface area (TPSA) is 120 Å². The van der Waals surface area contributed by atoms with Crippen molar-refractivity contribution in [1.82, 2.24) is 5.32 Å². The van der Waals surface area contributed by atoms with E-state index in [2.05, 4.69) is 16.3 Å². The minimum Gasteiger partial charge on any atom is -0.755 e. The highest BCUT2D eigenvalue weighted by Crippen LogP contribution is 2.47. The first-order valence-corrected chi connectivity index (χ1v) is 16.8. The van der Waals surface area contributed by atoms with Crippen molar-refractivity contribution in [3.8, 4) is 5.75 Å². The first-order chi connectivity index (χ1) is 21.5. The van der Waals surface area contributed by atoms with Crippen molar-refractivity contribution >= 4 is 46.2 Å². The smallest absolute Gasteiger partial charge is 0.407 e. The fraction of sp³-hybridized carbons (Fsp3) is 0.515. The molecule has 1 fully saturated rings. The molecule has 2 heterocycles. The summed E-state index contributed by atoms with van der Waals surface area (Å²) < 4.78 is 43.3. The molecule has 2 aliphatic carbocycles. The number of fused-ring (bicyclic) bond motifs is 4. The number of anilines is 2. The lowest BCUT2D eigenvalue weighted by Gasteiger charge is -2.46. The van der Waals surface area contributed by atoms with E-state index in [0.29, 0.717) is 30.5 Å². The number of aryl methyl sites for hydroxylation is 1. The minimum absolute atomic E-state index is 0.0465. The summed E-state index contributed by atoms with van der Waals surface area (Å²) >= 11 is 3.51. The number of methoxy groups -OCH3 is 1. The van der Waals surface area contributed by atoms with E-state index in [-0.39, 0.29) is 35.6 Å². The predicted octanol–water partition coefficient (Wildman–Crippen LogP) is 5.06. The third-order valence-corrected chi connectivity index (χ3v) is 10.8. The van der Waals surface area contributed by atoms with Gasteiger partial charge in [0.15, 0.2) is 0 Å². The quantitative estimate of drug-likeness (QED) is 0.352. The van der Waals surface area contributed by atoms with Crippen LogP contribution in [0.1, 0.15) is 50.7 Å². The Hall–Kier alpha value is -3.12. The van der Waals surface area contributed by atoms with E-state index in [0.717, 1.165) is 42.1 Å². The van der Waals surface area contributed by atoms with E-state index in [1.54, 1.807) is 38.1 Å². The Bertz CT molecular complexity index is 1530. The molecule has 4 aliphatic rings. The number of ether oxygens (including phenoxy) is 3. The van der Waals surface area contributed by atoms with Gasteiger partial charge in [0.1, 0.15) is 11.4 Å². The molecule has 0 saturated heterocycles. The Morgan fingerprint density at radius 1 is 1.20 bits per heavy atom. The summed E-state index contributed by atoms with van der Waals surface area (Å²) in [6.45, 7) is 4.87. The van der Waals surface area contributed by atoms with Crippen LogP contribution in [0, 0.1) is 11.8 Å². The summed E-state index contributed by atoms with van der Waals surface area (Å²) in [6.07, 6.45) is 7.86. The Morgan fingerprint density at radius 3 is 2.76 bits per heavy atom. The number of benzene rings is 2. The van der Waals surface area contributed by atoms with E-state index in [4.69, 9.17) is 25.8 Å². The van der Waals surface area contributed by atoms with Gasteiger partial charge in [-0.2, -0.15) is 0 Å². The molecule has 5 atom stereocenters. The zero-order chi connectivity index (χ0) is 31.9. The number of nitrogens with zero attached hydrogens (tertiary/aromatic N) is 2. The molecule has 242 valence electrons. The molecule has 2 bridgehead atoms. The highest BCUT2D eigenvalue weighted by molar-refractivity contribution is 7.81. The lowest BCUT2D eigenvalue weighted by molar-refractivity contribution is -0.137. The molecule has 1 saturated carbocycles. The summed E-state index contributed by atoms with van der Waals surface area (Å²) in [5, 5.41) is 3.69. The number of rotatable bonds is 2. The molecular formula is C33H39ClN3O7S-. The Labute approximate surface area is 271 Å². The molecule has 1 unspecified atom stereocenters. The fourth-order valence-electron chi connectivity index (χ4n) is 7.33. The van der Waals surface area contributed by atoms with Gasteiger partial charge in [-0.15, -0.1) is 0 Å². The maximum absolute atomic E-state index is 13.7. The fourth-order valence-corrected chi connectivity index (χ4v) is 8.17. The zero-order valence-electron chi connectivity index (χ0n) is 25.8. The number of hydrogen-bond acceptors (Lipinski definition) is 8. The number of hydrogen-bond donors (Lipinski definition) is 1. The molecule has 2 amide bonds. The van der Waals surface area contributed by atoms with Crippen LogP contribution in [0.15, 0.2) is 48.6 Å². The van der Waals surface area contributed by atoms with Gasteiger partial charge in [-0.25, -0.2) is 9.10 Å². The normalized spacial score (nSPS) is 29.0. The van der Waals surface area contributed by atoms with Gasteiger partial charge in [-0.05, 0) is 99.2 Å². The predicted molar refractivity (Wildman–Crippen MR) is 171 cm³/mol. The van der Waals surface area contributed by atoms with Crippen LogP contribution in [0.4, 0.5) is 16.2 Å². The molecule has 0 aromatic heterocycles. The number of carbonyl (C=O) groups is 2. The SMILES string of the molecule is COC(=O)N[C@@H]1/C=C/COC(C)(C)C(=O)N(S(=O)[O-])c2ccc3c(c2)N(C[C@@H]2CC[C@H]21)C[C@@]1(CCCc2cc(Cl)ccc21)CO3. The average Bonchev–Trinajstić information content (AvgIpc) is 3.13.